The number of phenolic OH excluding ortho intramolecular Hbond substituents is 1. The molecule has 0 unspecified atom stereocenters. The van der Waals surface area contributed by atoms with E-state index in [1.807, 2.05) is 54.8 Å². The second-order valence-electron chi connectivity index (χ2n) is 7.59. The van der Waals surface area contributed by atoms with Gasteiger partial charge in [0.25, 0.3) is 11.8 Å². The molecular formula is C26H26N4O4. The van der Waals surface area contributed by atoms with Gasteiger partial charge in [-0.1, -0.05) is 0 Å². The molecule has 0 radical (unpaired) electrons. The normalized spacial score (nSPS) is 10.9. The van der Waals surface area contributed by atoms with Gasteiger partial charge in [0.15, 0.2) is 0 Å². The number of benzene rings is 2. The summed E-state index contributed by atoms with van der Waals surface area (Å²) in [5.41, 5.74) is 3.94. The number of amides is 2. The molecule has 2 aromatic carbocycles. The highest BCUT2D eigenvalue weighted by atomic mass is 16.5. The average Bonchev–Trinajstić information content (AvgIpc) is 3.12. The van der Waals surface area contributed by atoms with Gasteiger partial charge in [-0.3, -0.25) is 9.59 Å². The fourth-order valence-corrected chi connectivity index (χ4v) is 3.53. The third-order valence-electron chi connectivity index (χ3n) is 5.29. The van der Waals surface area contributed by atoms with E-state index in [-0.39, 0.29) is 30.3 Å². The number of nitriles is 1. The molecule has 2 amide bonds. The number of hydrogen-bond donors (Lipinski definition) is 3. The summed E-state index contributed by atoms with van der Waals surface area (Å²) in [4.78, 5) is 24.6. The van der Waals surface area contributed by atoms with Crippen molar-refractivity contribution >= 4 is 17.9 Å². The Hall–Kier alpha value is -4.51. The van der Waals surface area contributed by atoms with Gasteiger partial charge in [-0.25, -0.2) is 0 Å². The molecule has 0 spiro atoms. The summed E-state index contributed by atoms with van der Waals surface area (Å²) in [6.07, 6.45) is 1.56. The van der Waals surface area contributed by atoms with E-state index in [1.54, 1.807) is 13.2 Å². The van der Waals surface area contributed by atoms with Crippen LogP contribution in [0.25, 0.3) is 11.8 Å². The van der Waals surface area contributed by atoms with Gasteiger partial charge in [0.2, 0.25) is 0 Å². The molecule has 0 aliphatic heterocycles. The molecule has 1 aromatic heterocycles. The Balaban J connectivity index is 1.64. The number of carbonyl (C=O) groups is 2. The molecule has 1 heterocycles. The van der Waals surface area contributed by atoms with Gasteiger partial charge in [0.05, 0.1) is 7.11 Å². The molecule has 174 valence electrons. The van der Waals surface area contributed by atoms with E-state index in [4.69, 9.17) is 4.74 Å². The molecule has 0 bridgehead atoms. The number of ether oxygens (including phenoxy) is 1. The van der Waals surface area contributed by atoms with Crippen molar-refractivity contribution < 1.29 is 19.4 Å². The minimum Gasteiger partial charge on any atom is -0.508 e. The number of rotatable bonds is 8. The quantitative estimate of drug-likeness (QED) is 0.272. The smallest absolute Gasteiger partial charge is 0.262 e. The topological polar surface area (TPSA) is 116 Å². The van der Waals surface area contributed by atoms with E-state index in [0.717, 1.165) is 28.4 Å². The molecular weight excluding hydrogens is 432 g/mol. The molecule has 0 aliphatic carbocycles. The first-order valence-corrected chi connectivity index (χ1v) is 10.6. The van der Waals surface area contributed by atoms with Crippen LogP contribution in [0.4, 0.5) is 0 Å². The summed E-state index contributed by atoms with van der Waals surface area (Å²) in [5, 5.41) is 24.1. The highest BCUT2D eigenvalue weighted by Crippen LogP contribution is 2.24. The summed E-state index contributed by atoms with van der Waals surface area (Å²) in [6.45, 7) is 4.23. The molecule has 34 heavy (non-hydrogen) atoms. The summed E-state index contributed by atoms with van der Waals surface area (Å²) in [7, 11) is 1.61. The minimum absolute atomic E-state index is 0.0279. The zero-order valence-corrected chi connectivity index (χ0v) is 19.3. The molecule has 0 saturated carbocycles. The van der Waals surface area contributed by atoms with Gasteiger partial charge >= 0.3 is 0 Å². The molecule has 8 heteroatoms. The number of carbonyl (C=O) groups excluding carboxylic acids is 2. The third kappa shape index (κ3) is 5.64. The largest absolute Gasteiger partial charge is 0.508 e. The highest BCUT2D eigenvalue weighted by molar-refractivity contribution is 6.02. The summed E-state index contributed by atoms with van der Waals surface area (Å²) >= 11 is 0. The monoisotopic (exact) mass is 458 g/mol. The fraction of sp³-hybridized carbons (Fsp3) is 0.192. The molecule has 3 aromatic rings. The summed E-state index contributed by atoms with van der Waals surface area (Å²) in [6, 6.07) is 17.4. The maximum atomic E-state index is 12.5. The lowest BCUT2D eigenvalue weighted by Gasteiger charge is -2.10. The van der Waals surface area contributed by atoms with E-state index in [2.05, 4.69) is 10.6 Å². The number of aromatic hydroxyl groups is 1. The standard InChI is InChI=1S/C26H26N4O4/c1-17-14-20(18(2)30(17)22-6-10-24(34-3)11-7-22)15-21(16-27)26(33)29-13-12-28-25(32)19-4-8-23(31)9-5-19/h4-11,14-15,31H,12-13H2,1-3H3,(H,28,32)(H,29,33)/b21-15-. The van der Waals surface area contributed by atoms with Crippen molar-refractivity contribution in [2.75, 3.05) is 20.2 Å². The zero-order chi connectivity index (χ0) is 24.7. The van der Waals surface area contributed by atoms with Gasteiger partial charge in [0, 0.05) is 35.7 Å². The fourth-order valence-electron chi connectivity index (χ4n) is 3.53. The highest BCUT2D eigenvalue weighted by Gasteiger charge is 2.14. The number of methoxy groups -OCH3 is 1. The van der Waals surface area contributed by atoms with Crippen molar-refractivity contribution in [2.24, 2.45) is 0 Å². The summed E-state index contributed by atoms with van der Waals surface area (Å²) in [5.74, 6) is -0.00895. The van der Waals surface area contributed by atoms with Crippen LogP contribution in [0.15, 0.2) is 60.2 Å². The minimum atomic E-state index is -0.518. The SMILES string of the molecule is COc1ccc(-n2c(C)cc(/C=C(/C#N)C(=O)NCCNC(=O)c3ccc(O)cc3)c2C)cc1. The number of aryl methyl sites for hydroxylation is 1. The molecule has 0 fully saturated rings. The first kappa shape index (κ1) is 24.1. The van der Waals surface area contributed by atoms with Crippen LogP contribution in [0.1, 0.15) is 27.3 Å². The van der Waals surface area contributed by atoms with Crippen LogP contribution >= 0.6 is 0 Å². The Bertz CT molecular complexity index is 1250. The molecule has 3 rings (SSSR count). The molecule has 0 saturated heterocycles. The van der Waals surface area contributed by atoms with Gasteiger partial charge in [0.1, 0.15) is 23.1 Å². The van der Waals surface area contributed by atoms with Crippen LogP contribution in [0.2, 0.25) is 0 Å². The van der Waals surface area contributed by atoms with E-state index in [9.17, 15) is 20.0 Å². The van der Waals surface area contributed by atoms with Crippen molar-refractivity contribution in [1.29, 1.82) is 5.26 Å². The average molecular weight is 459 g/mol. The molecule has 0 aliphatic rings. The van der Waals surface area contributed by atoms with E-state index >= 15 is 0 Å². The third-order valence-corrected chi connectivity index (χ3v) is 5.29. The Morgan fingerprint density at radius 3 is 2.32 bits per heavy atom. The zero-order valence-electron chi connectivity index (χ0n) is 19.3. The van der Waals surface area contributed by atoms with Gasteiger partial charge in [-0.15, -0.1) is 0 Å². The van der Waals surface area contributed by atoms with Crippen molar-refractivity contribution in [2.45, 2.75) is 13.8 Å². The first-order valence-electron chi connectivity index (χ1n) is 10.6. The van der Waals surface area contributed by atoms with Crippen LogP contribution in [-0.2, 0) is 4.79 Å². The van der Waals surface area contributed by atoms with Crippen LogP contribution in [0.3, 0.4) is 0 Å². The predicted octanol–water partition coefficient (Wildman–Crippen LogP) is 3.26. The molecule has 8 nitrogen and oxygen atoms in total. The second-order valence-corrected chi connectivity index (χ2v) is 7.59. The van der Waals surface area contributed by atoms with Gasteiger partial charge < -0.3 is 25.0 Å². The Labute approximate surface area is 198 Å². The lowest BCUT2D eigenvalue weighted by atomic mass is 10.1. The van der Waals surface area contributed by atoms with Crippen molar-refractivity contribution in [1.82, 2.24) is 15.2 Å². The van der Waals surface area contributed by atoms with E-state index < -0.39 is 5.91 Å². The number of phenols is 1. The van der Waals surface area contributed by atoms with Crippen LogP contribution in [0.5, 0.6) is 11.5 Å². The first-order chi connectivity index (χ1) is 16.3. The maximum Gasteiger partial charge on any atom is 0.262 e. The molecule has 0 atom stereocenters. The lowest BCUT2D eigenvalue weighted by Crippen LogP contribution is -2.35. The number of hydrogen-bond acceptors (Lipinski definition) is 5. The van der Waals surface area contributed by atoms with Crippen molar-refractivity contribution in [3.05, 3.63) is 82.7 Å². The van der Waals surface area contributed by atoms with Crippen LogP contribution < -0.4 is 15.4 Å². The summed E-state index contributed by atoms with van der Waals surface area (Å²) < 4.78 is 7.25. The van der Waals surface area contributed by atoms with Crippen LogP contribution in [-0.4, -0.2) is 41.7 Å². The van der Waals surface area contributed by atoms with Crippen molar-refractivity contribution in [3.8, 4) is 23.3 Å². The van der Waals surface area contributed by atoms with Gasteiger partial charge in [-0.05, 0) is 80.1 Å². The van der Waals surface area contributed by atoms with Crippen LogP contribution in [0, 0.1) is 25.2 Å². The molecule has 3 N–H and O–H groups in total. The van der Waals surface area contributed by atoms with E-state index in [0.29, 0.717) is 5.56 Å². The number of aromatic nitrogens is 1. The maximum absolute atomic E-state index is 12.5. The lowest BCUT2D eigenvalue weighted by molar-refractivity contribution is -0.117. The van der Waals surface area contributed by atoms with Gasteiger partial charge in [-0.2, -0.15) is 5.26 Å². The Morgan fingerprint density at radius 1 is 1.06 bits per heavy atom. The Kier molecular flexibility index (Phi) is 7.72. The number of nitrogens with one attached hydrogen (secondary N) is 2. The second kappa shape index (κ2) is 10.9. The number of nitrogens with zero attached hydrogens (tertiary/aromatic N) is 2. The van der Waals surface area contributed by atoms with E-state index in [1.165, 1.54) is 24.3 Å². The predicted molar refractivity (Wildman–Crippen MR) is 129 cm³/mol. The Morgan fingerprint density at radius 2 is 1.71 bits per heavy atom. The van der Waals surface area contributed by atoms with Crippen molar-refractivity contribution in [3.63, 3.8) is 0 Å².